The van der Waals surface area contributed by atoms with Crippen LogP contribution in [0, 0.1) is 81.3 Å². The first-order valence-corrected chi connectivity index (χ1v) is 20.3. The minimum Gasteiger partial charge on any atom is -0.513 e. The smallest absolute Gasteiger partial charge is 0.136 e. The quantitative estimate of drug-likeness (QED) is 0.152. The molecule has 0 bridgehead atoms. The molecule has 4 nitrogen and oxygen atoms in total. The molecule has 0 aromatic carbocycles. The lowest BCUT2D eigenvalue weighted by Crippen LogP contribution is -2.60. The third-order valence-electron chi connectivity index (χ3n) is 16.7. The summed E-state index contributed by atoms with van der Waals surface area (Å²) in [5.41, 5.74) is 12.4. The molecule has 0 amide bonds. The van der Waals surface area contributed by atoms with Crippen LogP contribution >= 0.6 is 0 Å². The molecule has 0 aliphatic heterocycles. The van der Waals surface area contributed by atoms with Gasteiger partial charge in [-0.3, -0.25) is 4.79 Å². The van der Waals surface area contributed by atoms with Crippen LogP contribution in [0.1, 0.15) is 132 Å². The molecule has 5 fully saturated rings. The fourth-order valence-corrected chi connectivity index (χ4v) is 13.9. The SMILES string of the molecule is C=C1CC2(CCNCC(N)C(C)C)CCC3C(CCC4C3(C)CCC3C(C)C(CC(=O)C5CC(C(=C)O)C5C)CCC34C)C2=C1C(C)C. The molecule has 5 saturated carbocycles. The topological polar surface area (TPSA) is 75.3 Å². The lowest BCUT2D eigenvalue weighted by molar-refractivity contribution is -0.172. The molecular weight excluding hydrogens is 588 g/mol. The molecular formula is C44H72N2O2. The number of hydrogen-bond donors (Lipinski definition) is 3. The first-order chi connectivity index (χ1) is 22.6. The first-order valence-electron chi connectivity index (χ1n) is 20.3. The van der Waals surface area contributed by atoms with Gasteiger partial charge >= 0.3 is 0 Å². The van der Waals surface area contributed by atoms with Gasteiger partial charge < -0.3 is 16.2 Å². The number of fused-ring (bicyclic) bond motifs is 7. The van der Waals surface area contributed by atoms with E-state index in [1.807, 2.05) is 5.57 Å². The van der Waals surface area contributed by atoms with E-state index >= 15 is 0 Å². The molecule has 6 aliphatic rings. The van der Waals surface area contributed by atoms with Gasteiger partial charge in [0.2, 0.25) is 0 Å². The fraction of sp³-hybridized carbons (Fsp3) is 0.841. The number of ketones is 1. The lowest BCUT2D eigenvalue weighted by Gasteiger charge is -2.67. The van der Waals surface area contributed by atoms with E-state index in [0.717, 1.165) is 43.7 Å². The summed E-state index contributed by atoms with van der Waals surface area (Å²) in [4.78, 5) is 13.5. The highest BCUT2D eigenvalue weighted by molar-refractivity contribution is 5.82. The maximum absolute atomic E-state index is 13.5. The van der Waals surface area contributed by atoms with Crippen molar-refractivity contribution in [2.45, 2.75) is 138 Å². The minimum atomic E-state index is 0.113. The normalized spacial score (nSPS) is 44.5. The molecule has 13 unspecified atom stereocenters. The second kappa shape index (κ2) is 13.3. The zero-order valence-electron chi connectivity index (χ0n) is 32.2. The van der Waals surface area contributed by atoms with Gasteiger partial charge in [-0.15, -0.1) is 0 Å². The van der Waals surface area contributed by atoms with E-state index in [4.69, 9.17) is 12.3 Å². The molecule has 0 aromatic rings. The third-order valence-corrected chi connectivity index (χ3v) is 16.7. The third kappa shape index (κ3) is 5.83. The van der Waals surface area contributed by atoms with Crippen LogP contribution in [0.15, 0.2) is 35.6 Å². The maximum atomic E-state index is 13.5. The molecule has 270 valence electrons. The second-order valence-electron chi connectivity index (χ2n) is 19.6. The van der Waals surface area contributed by atoms with Gasteiger partial charge in [-0.2, -0.15) is 0 Å². The van der Waals surface area contributed by atoms with Crippen molar-refractivity contribution >= 4 is 5.78 Å². The van der Waals surface area contributed by atoms with Gasteiger partial charge in [-0.05, 0) is 152 Å². The Labute approximate surface area is 294 Å². The molecule has 6 aliphatic carbocycles. The highest BCUT2D eigenvalue weighted by Crippen LogP contribution is 2.73. The highest BCUT2D eigenvalue weighted by atomic mass is 16.3. The predicted molar refractivity (Wildman–Crippen MR) is 200 cm³/mol. The number of hydrogen-bond acceptors (Lipinski definition) is 4. The monoisotopic (exact) mass is 661 g/mol. The van der Waals surface area contributed by atoms with Crippen molar-refractivity contribution in [3.63, 3.8) is 0 Å². The number of nitrogens with two attached hydrogens (primary N) is 1. The van der Waals surface area contributed by atoms with Gasteiger partial charge in [0.1, 0.15) is 5.78 Å². The predicted octanol–water partition coefficient (Wildman–Crippen LogP) is 10.1. The number of rotatable bonds is 11. The van der Waals surface area contributed by atoms with E-state index in [2.05, 4.69) is 67.3 Å². The molecule has 0 heterocycles. The van der Waals surface area contributed by atoms with Crippen molar-refractivity contribution in [1.82, 2.24) is 5.32 Å². The van der Waals surface area contributed by atoms with E-state index in [0.29, 0.717) is 51.6 Å². The van der Waals surface area contributed by atoms with Gasteiger partial charge in [-0.1, -0.05) is 79.7 Å². The lowest BCUT2D eigenvalue weighted by atomic mass is 9.37. The van der Waals surface area contributed by atoms with Crippen molar-refractivity contribution in [3.05, 3.63) is 35.6 Å². The van der Waals surface area contributed by atoms with Gasteiger partial charge in [0.05, 0.1) is 5.76 Å². The van der Waals surface area contributed by atoms with Crippen LogP contribution in [-0.4, -0.2) is 30.0 Å². The molecule has 13 atom stereocenters. The van der Waals surface area contributed by atoms with E-state index in [9.17, 15) is 9.90 Å². The van der Waals surface area contributed by atoms with Gasteiger partial charge in [0.15, 0.2) is 0 Å². The Morgan fingerprint density at radius 3 is 2.27 bits per heavy atom. The largest absolute Gasteiger partial charge is 0.513 e. The number of aliphatic hydroxyl groups is 1. The van der Waals surface area contributed by atoms with Crippen molar-refractivity contribution < 1.29 is 9.90 Å². The van der Waals surface area contributed by atoms with Crippen molar-refractivity contribution in [1.29, 1.82) is 0 Å². The number of aliphatic hydroxyl groups excluding tert-OH is 1. The van der Waals surface area contributed by atoms with Crippen LogP contribution in [0.2, 0.25) is 0 Å². The molecule has 48 heavy (non-hydrogen) atoms. The summed E-state index contributed by atoms with van der Waals surface area (Å²) in [6.45, 7) is 29.8. The number of allylic oxidation sites excluding steroid dienone is 4. The van der Waals surface area contributed by atoms with Crippen LogP contribution in [0.3, 0.4) is 0 Å². The zero-order chi connectivity index (χ0) is 34.9. The Morgan fingerprint density at radius 1 is 0.958 bits per heavy atom. The number of Topliss-reactive ketones (excluding diaryl/α,β-unsaturated/α-hetero) is 1. The summed E-state index contributed by atoms with van der Waals surface area (Å²) in [7, 11) is 0. The Kier molecular flexibility index (Phi) is 10.1. The molecule has 0 spiro atoms. The van der Waals surface area contributed by atoms with Crippen molar-refractivity contribution in [2.75, 3.05) is 13.1 Å². The average Bonchev–Trinajstić information content (AvgIpc) is 3.31. The van der Waals surface area contributed by atoms with Gasteiger partial charge in [0.25, 0.3) is 0 Å². The summed E-state index contributed by atoms with van der Waals surface area (Å²) in [5.74, 6) is 6.38. The summed E-state index contributed by atoms with van der Waals surface area (Å²) < 4.78 is 0. The Hall–Kier alpha value is -1.39. The first kappa shape index (κ1) is 36.4. The highest BCUT2D eigenvalue weighted by Gasteiger charge is 2.64. The summed E-state index contributed by atoms with van der Waals surface area (Å²) in [5, 5.41) is 13.7. The van der Waals surface area contributed by atoms with Crippen LogP contribution in [0.4, 0.5) is 0 Å². The van der Waals surface area contributed by atoms with Gasteiger partial charge in [-0.25, -0.2) is 0 Å². The van der Waals surface area contributed by atoms with E-state index < -0.39 is 0 Å². The van der Waals surface area contributed by atoms with E-state index in [1.54, 1.807) is 5.57 Å². The number of carbonyl (C=O) groups is 1. The van der Waals surface area contributed by atoms with Crippen molar-refractivity contribution in [3.8, 4) is 0 Å². The van der Waals surface area contributed by atoms with Crippen molar-refractivity contribution in [2.24, 2.45) is 87.1 Å². The van der Waals surface area contributed by atoms with E-state index in [-0.39, 0.29) is 29.6 Å². The van der Waals surface area contributed by atoms with Crippen LogP contribution in [-0.2, 0) is 4.79 Å². The minimum absolute atomic E-state index is 0.113. The molecule has 0 saturated heterocycles. The molecule has 0 aromatic heterocycles. The number of carbonyl (C=O) groups excluding carboxylic acids is 1. The Morgan fingerprint density at radius 2 is 1.62 bits per heavy atom. The zero-order valence-corrected chi connectivity index (χ0v) is 32.2. The molecule has 6 rings (SSSR count). The summed E-state index contributed by atoms with van der Waals surface area (Å²) >= 11 is 0. The summed E-state index contributed by atoms with van der Waals surface area (Å²) in [6.07, 6.45) is 14.5. The Bertz CT molecular complexity index is 1300. The Balaban J connectivity index is 1.18. The fourth-order valence-electron chi connectivity index (χ4n) is 13.9. The molecule has 0 radical (unpaired) electrons. The van der Waals surface area contributed by atoms with Crippen LogP contribution < -0.4 is 11.1 Å². The number of nitrogens with one attached hydrogen (secondary N) is 1. The van der Waals surface area contributed by atoms with E-state index in [1.165, 1.54) is 69.8 Å². The van der Waals surface area contributed by atoms with Crippen LogP contribution in [0.25, 0.3) is 0 Å². The maximum Gasteiger partial charge on any atom is 0.136 e. The van der Waals surface area contributed by atoms with Crippen LogP contribution in [0.5, 0.6) is 0 Å². The van der Waals surface area contributed by atoms with Gasteiger partial charge in [0, 0.05) is 30.8 Å². The second-order valence-corrected chi connectivity index (χ2v) is 19.6. The molecule has 4 heteroatoms. The average molecular weight is 661 g/mol. The summed E-state index contributed by atoms with van der Waals surface area (Å²) in [6, 6.07) is 0.218. The molecule has 4 N–H and O–H groups in total. The standard InChI is InChI=1S/C44H72N2O2/c1-25(2)37(45)24-46-20-19-44-18-15-36-32(41(44)40(26(3)4)27(5)23-44)11-12-39-42(9)16-13-31(28(6)35(42)14-17-43(36,39)10)21-38(48)34-22-33(29(34)7)30(8)47/h25-26,28-29,31-37,39,46-47H,5,8,11-24,45H2,1-4,6-7,9-10H3.